The van der Waals surface area contributed by atoms with Gasteiger partial charge in [-0.05, 0) is 33.7 Å². The Kier molecular flexibility index (Phi) is 10.4. The summed E-state index contributed by atoms with van der Waals surface area (Å²) in [4.78, 5) is 24.3. The Balaban J connectivity index is 1.05. The number of rotatable bonds is 9. The molecule has 5 heteroatoms. The number of benzene rings is 7. The summed E-state index contributed by atoms with van der Waals surface area (Å²) in [5.41, 5.74) is 10.8. The van der Waals surface area contributed by atoms with Crippen molar-refractivity contribution in [1.29, 1.82) is 0 Å². The molecule has 1 heterocycles. The number of amidine groups is 1. The highest BCUT2D eigenvalue weighted by atomic mass is 15.0. The molecule has 0 unspecified atom stereocenters. The molecule has 0 bridgehead atoms. The average molecular weight is 718 g/mol. The van der Waals surface area contributed by atoms with Gasteiger partial charge in [0.2, 0.25) is 0 Å². The van der Waals surface area contributed by atoms with Crippen LogP contribution in [0.25, 0.3) is 62.1 Å². The molecule has 7 aromatic carbocycles. The molecule has 0 aliphatic carbocycles. The summed E-state index contributed by atoms with van der Waals surface area (Å²) < 4.78 is 0. The maximum absolute atomic E-state index is 5.95. The van der Waals surface area contributed by atoms with E-state index < -0.39 is 0 Å². The van der Waals surface area contributed by atoms with Gasteiger partial charge in [0.15, 0.2) is 23.3 Å². The lowest BCUT2D eigenvalue weighted by Crippen LogP contribution is -2.05. The molecule has 1 aromatic heterocycles. The van der Waals surface area contributed by atoms with Crippen LogP contribution in [-0.2, 0) is 0 Å². The molecule has 0 radical (unpaired) electrons. The molecular formula is C51H35N5. The van der Waals surface area contributed by atoms with E-state index in [1.165, 1.54) is 0 Å². The Bertz CT molecular complexity index is 2640. The third-order valence-corrected chi connectivity index (χ3v) is 9.29. The number of terminal acetylenes is 1. The Morgan fingerprint density at radius 3 is 1.12 bits per heavy atom. The lowest BCUT2D eigenvalue weighted by Gasteiger charge is -2.10. The summed E-state index contributed by atoms with van der Waals surface area (Å²) in [5, 5.41) is 0. The molecule has 0 aliphatic rings. The van der Waals surface area contributed by atoms with Crippen LogP contribution in [-0.4, -0.2) is 26.5 Å². The van der Waals surface area contributed by atoms with Crippen molar-refractivity contribution in [2.45, 2.75) is 0 Å². The summed E-state index contributed by atoms with van der Waals surface area (Å²) in [5.74, 6) is 5.14. The van der Waals surface area contributed by atoms with E-state index in [1.807, 2.05) is 133 Å². The van der Waals surface area contributed by atoms with Crippen LogP contribution >= 0.6 is 0 Å². The number of aliphatic imine (C=N–C) groups is 2. The lowest BCUT2D eigenvalue weighted by atomic mass is 9.98. The van der Waals surface area contributed by atoms with Crippen LogP contribution in [0.3, 0.4) is 0 Å². The fraction of sp³-hybridized carbons (Fsp3) is 0. The van der Waals surface area contributed by atoms with Gasteiger partial charge >= 0.3 is 0 Å². The zero-order valence-electron chi connectivity index (χ0n) is 30.5. The molecule has 0 saturated heterocycles. The first-order valence-electron chi connectivity index (χ1n) is 18.2. The van der Waals surface area contributed by atoms with Gasteiger partial charge < -0.3 is 0 Å². The van der Waals surface area contributed by atoms with Crippen molar-refractivity contribution in [2.75, 3.05) is 0 Å². The molecule has 0 atom stereocenters. The zero-order valence-corrected chi connectivity index (χ0v) is 30.5. The molecule has 5 nitrogen and oxygen atoms in total. The largest absolute Gasteiger partial charge is 0.229 e. The summed E-state index contributed by atoms with van der Waals surface area (Å²) in [6.07, 6.45) is 5.95. The van der Waals surface area contributed by atoms with Gasteiger partial charge in [0, 0.05) is 27.8 Å². The van der Waals surface area contributed by atoms with Crippen LogP contribution in [0.1, 0.15) is 16.7 Å². The first-order valence-corrected chi connectivity index (χ1v) is 18.2. The van der Waals surface area contributed by atoms with E-state index >= 15 is 0 Å². The van der Waals surface area contributed by atoms with Crippen molar-refractivity contribution in [3.8, 4) is 68.8 Å². The van der Waals surface area contributed by atoms with Crippen molar-refractivity contribution in [2.24, 2.45) is 9.98 Å². The second-order valence-electron chi connectivity index (χ2n) is 13.0. The average Bonchev–Trinajstić information content (AvgIpc) is 3.29. The molecule has 8 rings (SSSR count). The van der Waals surface area contributed by atoms with Gasteiger partial charge in [-0.3, -0.25) is 0 Å². The highest BCUT2D eigenvalue weighted by molar-refractivity contribution is 6.20. The smallest absolute Gasteiger partial charge is 0.164 e. The van der Waals surface area contributed by atoms with Crippen molar-refractivity contribution in [3.63, 3.8) is 0 Å². The van der Waals surface area contributed by atoms with E-state index in [2.05, 4.69) is 73.2 Å². The van der Waals surface area contributed by atoms with Crippen LogP contribution in [0, 0.1) is 12.3 Å². The Labute approximate surface area is 327 Å². The van der Waals surface area contributed by atoms with Gasteiger partial charge in [0.05, 0.1) is 5.70 Å². The summed E-state index contributed by atoms with van der Waals surface area (Å²) >= 11 is 0. The minimum Gasteiger partial charge on any atom is -0.229 e. The standard InChI is InChI=1S/C51H35N5/c1-3-47(42-18-10-5-11-19-42)53-48(52-36(2)37-16-8-4-9-17-37)45-32-28-40(29-33-45)38-24-26-39(27-25-38)41-30-34-46(35-31-41)51-55-49(43-20-12-6-13-21-43)54-50(56-51)44-22-14-7-15-23-44/h1,4-35H,2H2/b52-48-,53-47+. The first kappa shape index (κ1) is 35.2. The normalized spacial score (nSPS) is 11.5. The molecule has 0 spiro atoms. The summed E-state index contributed by atoms with van der Waals surface area (Å²) in [7, 11) is 0. The van der Waals surface area contributed by atoms with Crippen molar-refractivity contribution in [3.05, 3.63) is 217 Å². The first-order chi connectivity index (χ1) is 27.6. The predicted molar refractivity (Wildman–Crippen MR) is 231 cm³/mol. The number of hydrogen-bond acceptors (Lipinski definition) is 4. The highest BCUT2D eigenvalue weighted by Crippen LogP contribution is 2.29. The molecule has 0 amide bonds. The number of hydrogen-bond donors (Lipinski definition) is 0. The van der Waals surface area contributed by atoms with Gasteiger partial charge in [0.1, 0.15) is 5.71 Å². The van der Waals surface area contributed by atoms with Gasteiger partial charge in [-0.1, -0.05) is 201 Å². The van der Waals surface area contributed by atoms with Crippen LogP contribution in [0.15, 0.2) is 211 Å². The van der Waals surface area contributed by atoms with Gasteiger partial charge in [-0.15, -0.1) is 6.42 Å². The van der Waals surface area contributed by atoms with Crippen LogP contribution in [0.5, 0.6) is 0 Å². The molecule has 8 aromatic rings. The van der Waals surface area contributed by atoms with E-state index in [-0.39, 0.29) is 0 Å². The molecule has 264 valence electrons. The summed E-state index contributed by atoms with van der Waals surface area (Å²) in [6, 6.07) is 64.7. The molecule has 56 heavy (non-hydrogen) atoms. The molecular weight excluding hydrogens is 683 g/mol. The Morgan fingerprint density at radius 1 is 0.375 bits per heavy atom. The van der Waals surface area contributed by atoms with Crippen molar-refractivity contribution < 1.29 is 0 Å². The Hall–Kier alpha value is -7.81. The van der Waals surface area contributed by atoms with E-state index in [1.54, 1.807) is 0 Å². The van der Waals surface area contributed by atoms with E-state index in [4.69, 9.17) is 31.4 Å². The number of aromatic nitrogens is 3. The second-order valence-corrected chi connectivity index (χ2v) is 13.0. The third-order valence-electron chi connectivity index (χ3n) is 9.29. The summed E-state index contributed by atoms with van der Waals surface area (Å²) in [6.45, 7) is 4.23. The van der Waals surface area contributed by atoms with Crippen molar-refractivity contribution in [1.82, 2.24) is 15.0 Å². The quantitative estimate of drug-likeness (QED) is 0.0848. The van der Waals surface area contributed by atoms with Crippen molar-refractivity contribution >= 4 is 17.2 Å². The third kappa shape index (κ3) is 8.06. The monoisotopic (exact) mass is 717 g/mol. The van der Waals surface area contributed by atoms with Crippen LogP contribution in [0.2, 0.25) is 0 Å². The fourth-order valence-corrected chi connectivity index (χ4v) is 6.28. The molecule has 0 saturated carbocycles. The van der Waals surface area contributed by atoms with Gasteiger partial charge in [0.25, 0.3) is 0 Å². The maximum atomic E-state index is 5.95. The van der Waals surface area contributed by atoms with E-state index in [0.29, 0.717) is 34.7 Å². The maximum Gasteiger partial charge on any atom is 0.164 e. The zero-order chi connectivity index (χ0) is 38.1. The van der Waals surface area contributed by atoms with Crippen LogP contribution in [0.4, 0.5) is 0 Å². The Morgan fingerprint density at radius 2 is 0.714 bits per heavy atom. The molecule has 0 N–H and O–H groups in total. The topological polar surface area (TPSA) is 63.4 Å². The second kappa shape index (κ2) is 16.5. The lowest BCUT2D eigenvalue weighted by molar-refractivity contribution is 1.07. The SMILES string of the molecule is C#C/C(=N\C(=N/C(=C)c1ccccc1)c1ccc(-c2ccc(-c3ccc(-c4nc(-c5ccccc5)nc(-c5ccccc5)n4)cc3)cc2)cc1)c1ccccc1. The molecule has 0 aliphatic heterocycles. The fourth-order valence-electron chi connectivity index (χ4n) is 6.28. The van der Waals surface area contributed by atoms with Gasteiger partial charge in [-0.25, -0.2) is 24.9 Å². The minimum atomic E-state index is 0.491. The number of nitrogens with zero attached hydrogens (tertiary/aromatic N) is 5. The molecule has 0 fully saturated rings. The predicted octanol–water partition coefficient (Wildman–Crippen LogP) is 11.7. The van der Waals surface area contributed by atoms with Gasteiger partial charge in [-0.2, -0.15) is 0 Å². The van der Waals surface area contributed by atoms with Crippen LogP contribution < -0.4 is 0 Å². The van der Waals surface area contributed by atoms with E-state index in [0.717, 1.165) is 55.6 Å². The minimum absolute atomic E-state index is 0.491. The van der Waals surface area contributed by atoms with E-state index in [9.17, 15) is 0 Å². The highest BCUT2D eigenvalue weighted by Gasteiger charge is 2.13.